The molecule has 6 nitrogen and oxygen atoms in total. The minimum atomic E-state index is -0.788. The van der Waals surface area contributed by atoms with Crippen molar-refractivity contribution in [1.29, 1.82) is 0 Å². The highest BCUT2D eigenvalue weighted by atomic mass is 16.6. The van der Waals surface area contributed by atoms with Gasteiger partial charge in [0.1, 0.15) is 13.2 Å². The van der Waals surface area contributed by atoms with Gasteiger partial charge in [-0.15, -0.1) is 0 Å². The topological polar surface area (TPSA) is 78.9 Å². The van der Waals surface area contributed by atoms with E-state index in [1.807, 2.05) is 0 Å². The van der Waals surface area contributed by atoms with E-state index in [1.54, 1.807) is 0 Å². The molecule has 404 valence electrons. The molecule has 0 amide bonds. The molecule has 1 unspecified atom stereocenters. The van der Waals surface area contributed by atoms with Crippen molar-refractivity contribution in [1.82, 2.24) is 0 Å². The van der Waals surface area contributed by atoms with Gasteiger partial charge in [0.2, 0.25) is 0 Å². The maximum absolute atomic E-state index is 12.8. The molecule has 0 aliphatic rings. The van der Waals surface area contributed by atoms with E-state index in [-0.39, 0.29) is 37.5 Å². The lowest BCUT2D eigenvalue weighted by Crippen LogP contribution is -2.30. The molecule has 0 saturated heterocycles. The van der Waals surface area contributed by atoms with Crippen molar-refractivity contribution in [2.75, 3.05) is 13.2 Å². The Labute approximate surface area is 429 Å². The van der Waals surface area contributed by atoms with Gasteiger partial charge >= 0.3 is 17.9 Å². The Hall–Kier alpha value is -2.37. The molecule has 0 aliphatic heterocycles. The predicted octanol–water partition coefficient (Wildman–Crippen LogP) is 20.4. The van der Waals surface area contributed by atoms with Crippen LogP contribution < -0.4 is 0 Å². The third-order valence-corrected chi connectivity index (χ3v) is 13.6. The summed E-state index contributed by atoms with van der Waals surface area (Å²) in [6, 6.07) is 0. The van der Waals surface area contributed by atoms with Crippen LogP contribution in [0.25, 0.3) is 0 Å². The highest BCUT2D eigenvalue weighted by Crippen LogP contribution is 2.17. The van der Waals surface area contributed by atoms with Crippen molar-refractivity contribution in [2.24, 2.45) is 0 Å². The smallest absolute Gasteiger partial charge is 0.306 e. The van der Waals surface area contributed by atoms with Crippen LogP contribution in [0.3, 0.4) is 0 Å². The van der Waals surface area contributed by atoms with Crippen molar-refractivity contribution < 1.29 is 28.6 Å². The zero-order valence-corrected chi connectivity index (χ0v) is 46.3. The van der Waals surface area contributed by atoms with Gasteiger partial charge in [0, 0.05) is 19.3 Å². The maximum atomic E-state index is 12.8. The molecule has 0 saturated carbocycles. The Morgan fingerprint density at radius 2 is 0.522 bits per heavy atom. The fourth-order valence-electron chi connectivity index (χ4n) is 9.04. The molecule has 0 aromatic carbocycles. The second-order valence-electron chi connectivity index (χ2n) is 20.6. The van der Waals surface area contributed by atoms with Crippen LogP contribution in [0.4, 0.5) is 0 Å². The fourth-order valence-corrected chi connectivity index (χ4v) is 9.04. The van der Waals surface area contributed by atoms with E-state index in [1.165, 1.54) is 218 Å². The average Bonchev–Trinajstić information content (AvgIpc) is 3.35. The molecule has 0 heterocycles. The molecule has 0 spiro atoms. The van der Waals surface area contributed by atoms with Crippen LogP contribution in [0.1, 0.15) is 329 Å². The highest BCUT2D eigenvalue weighted by Gasteiger charge is 2.19. The summed E-state index contributed by atoms with van der Waals surface area (Å²) in [4.78, 5) is 38.2. The molecule has 0 rings (SSSR count). The summed E-state index contributed by atoms with van der Waals surface area (Å²) < 4.78 is 16.9. The average molecular weight is 970 g/mol. The van der Waals surface area contributed by atoms with Crippen LogP contribution in [-0.2, 0) is 28.6 Å². The second kappa shape index (κ2) is 58.2. The van der Waals surface area contributed by atoms with Crippen LogP contribution in [0.2, 0.25) is 0 Å². The third kappa shape index (κ3) is 56.4. The lowest BCUT2D eigenvalue weighted by molar-refractivity contribution is -0.167. The molecule has 0 bridgehead atoms. The van der Waals surface area contributed by atoms with Crippen molar-refractivity contribution in [2.45, 2.75) is 335 Å². The fraction of sp³-hybridized carbons (Fsp3) is 0.857. The Balaban J connectivity index is 4.35. The van der Waals surface area contributed by atoms with Crippen LogP contribution in [0, 0.1) is 0 Å². The van der Waals surface area contributed by atoms with Gasteiger partial charge in [0.25, 0.3) is 0 Å². The van der Waals surface area contributed by atoms with Gasteiger partial charge in [0.05, 0.1) is 0 Å². The molecule has 1 atom stereocenters. The van der Waals surface area contributed by atoms with E-state index in [0.717, 1.165) is 64.2 Å². The normalized spacial score (nSPS) is 12.2. The van der Waals surface area contributed by atoms with E-state index < -0.39 is 6.10 Å². The van der Waals surface area contributed by atoms with Gasteiger partial charge < -0.3 is 14.2 Å². The van der Waals surface area contributed by atoms with Crippen LogP contribution in [0.15, 0.2) is 36.5 Å². The van der Waals surface area contributed by atoms with Crippen molar-refractivity contribution in [3.05, 3.63) is 36.5 Å². The summed E-state index contributed by atoms with van der Waals surface area (Å²) in [5.74, 6) is -0.898. The molecule has 0 N–H and O–H groups in total. The first-order chi connectivity index (χ1) is 34.0. The third-order valence-electron chi connectivity index (χ3n) is 13.6. The van der Waals surface area contributed by atoms with Gasteiger partial charge in [-0.25, -0.2) is 0 Å². The lowest BCUT2D eigenvalue weighted by atomic mass is 10.0. The monoisotopic (exact) mass is 969 g/mol. The number of carbonyl (C=O) groups excluding carboxylic acids is 3. The molecular formula is C63H116O6. The molecule has 69 heavy (non-hydrogen) atoms. The summed E-state index contributed by atoms with van der Waals surface area (Å²) in [5, 5.41) is 0. The first-order valence-corrected chi connectivity index (χ1v) is 30.5. The number of carbonyl (C=O) groups is 3. The first kappa shape index (κ1) is 66.6. The second-order valence-corrected chi connectivity index (χ2v) is 20.6. The van der Waals surface area contributed by atoms with Gasteiger partial charge in [-0.2, -0.15) is 0 Å². The Morgan fingerprint density at radius 1 is 0.290 bits per heavy atom. The predicted molar refractivity (Wildman–Crippen MR) is 298 cm³/mol. The molecule has 6 heteroatoms. The highest BCUT2D eigenvalue weighted by molar-refractivity contribution is 5.71. The van der Waals surface area contributed by atoms with Gasteiger partial charge in [-0.3, -0.25) is 14.4 Å². The van der Waals surface area contributed by atoms with Gasteiger partial charge in [-0.05, 0) is 57.8 Å². The SMILES string of the molecule is CCCCC/C=C\C/C=C\C/C=C\CCCCC(=O)OC(COC(=O)CCCCCCCCCCCCCCCCCCC)COC(=O)CCCCCCCCCCCCCCCCCCCCC. The van der Waals surface area contributed by atoms with Crippen molar-refractivity contribution in [3.8, 4) is 0 Å². The number of hydrogen-bond donors (Lipinski definition) is 0. The van der Waals surface area contributed by atoms with Crippen LogP contribution >= 0.6 is 0 Å². The maximum Gasteiger partial charge on any atom is 0.306 e. The van der Waals surface area contributed by atoms with Gasteiger partial charge in [-0.1, -0.05) is 288 Å². The van der Waals surface area contributed by atoms with Crippen molar-refractivity contribution in [3.63, 3.8) is 0 Å². The van der Waals surface area contributed by atoms with E-state index in [4.69, 9.17) is 14.2 Å². The summed E-state index contributed by atoms with van der Waals surface area (Å²) in [6.45, 7) is 6.64. The Kier molecular flexibility index (Phi) is 56.2. The Bertz CT molecular complexity index is 1160. The summed E-state index contributed by atoms with van der Waals surface area (Å²) in [6.07, 6.45) is 70.0. The van der Waals surface area contributed by atoms with Crippen LogP contribution in [0.5, 0.6) is 0 Å². The molecule has 0 fully saturated rings. The van der Waals surface area contributed by atoms with E-state index >= 15 is 0 Å². The lowest BCUT2D eigenvalue weighted by Gasteiger charge is -2.18. The van der Waals surface area contributed by atoms with Crippen molar-refractivity contribution >= 4 is 17.9 Å². The molecule has 0 aromatic rings. The summed E-state index contributed by atoms with van der Waals surface area (Å²) in [5.41, 5.74) is 0. The number of esters is 3. The number of hydrogen-bond acceptors (Lipinski definition) is 6. The molecule has 0 radical (unpaired) electrons. The minimum Gasteiger partial charge on any atom is -0.462 e. The van der Waals surface area contributed by atoms with Crippen LogP contribution in [-0.4, -0.2) is 37.2 Å². The zero-order valence-electron chi connectivity index (χ0n) is 46.3. The number of allylic oxidation sites excluding steroid dienone is 6. The Morgan fingerprint density at radius 3 is 0.841 bits per heavy atom. The zero-order chi connectivity index (χ0) is 50.0. The molecule has 0 aromatic heterocycles. The van der Waals surface area contributed by atoms with E-state index in [2.05, 4.69) is 57.2 Å². The molecule has 0 aliphatic carbocycles. The minimum absolute atomic E-state index is 0.0823. The number of rotatable bonds is 56. The summed E-state index contributed by atoms with van der Waals surface area (Å²) in [7, 11) is 0. The van der Waals surface area contributed by atoms with Gasteiger partial charge in [0.15, 0.2) is 6.10 Å². The number of unbranched alkanes of at least 4 members (excludes halogenated alkanes) is 39. The summed E-state index contributed by atoms with van der Waals surface area (Å²) >= 11 is 0. The standard InChI is InChI=1S/C63H116O6/c1-4-7-10-13-16-19-22-25-28-30-31-33-36-38-41-44-47-50-53-56-62(65)68-59-60(69-63(66)57-54-51-48-45-42-39-34-27-24-21-18-15-12-9-6-3)58-67-61(64)55-52-49-46-43-40-37-35-32-29-26-23-20-17-14-11-8-5-2/h18,21,27,34,42,45,60H,4-17,19-20,22-26,28-33,35-41,43-44,46-59H2,1-3H3/b21-18-,34-27-,45-42-. The largest absolute Gasteiger partial charge is 0.462 e. The first-order valence-electron chi connectivity index (χ1n) is 30.5. The number of ether oxygens (including phenoxy) is 3. The van der Waals surface area contributed by atoms with E-state index in [9.17, 15) is 14.4 Å². The quantitative estimate of drug-likeness (QED) is 0.0261. The molecular weight excluding hydrogens is 853 g/mol. The van der Waals surface area contributed by atoms with E-state index in [0.29, 0.717) is 19.3 Å².